The van der Waals surface area contributed by atoms with Crippen LogP contribution in [0.15, 0.2) is 42.5 Å². The van der Waals surface area contributed by atoms with Gasteiger partial charge in [-0.05, 0) is 55.5 Å². The Morgan fingerprint density at radius 2 is 1.76 bits per heavy atom. The molecule has 4 N–H and O–H groups in total. The van der Waals surface area contributed by atoms with Crippen molar-refractivity contribution in [1.29, 1.82) is 0 Å². The fourth-order valence-corrected chi connectivity index (χ4v) is 4.93. The molecule has 12 heteroatoms. The first kappa shape index (κ1) is 30.5. The van der Waals surface area contributed by atoms with Gasteiger partial charge in [0.2, 0.25) is 11.8 Å². The number of methoxy groups -OCH3 is 1. The van der Waals surface area contributed by atoms with Gasteiger partial charge in [0.15, 0.2) is 23.2 Å². The summed E-state index contributed by atoms with van der Waals surface area (Å²) in [5, 5.41) is 8.78. The molecule has 2 aromatic carbocycles. The first-order valence-electron chi connectivity index (χ1n) is 13.7. The van der Waals surface area contributed by atoms with Gasteiger partial charge in [-0.3, -0.25) is 19.2 Å². The molecule has 224 valence electrons. The molecule has 1 saturated heterocycles. The van der Waals surface area contributed by atoms with Gasteiger partial charge in [-0.2, -0.15) is 0 Å². The zero-order valence-electron chi connectivity index (χ0n) is 23.6. The Morgan fingerprint density at radius 3 is 2.40 bits per heavy atom. The summed E-state index contributed by atoms with van der Waals surface area (Å²) >= 11 is 0. The lowest BCUT2D eigenvalue weighted by Crippen LogP contribution is -2.53. The molecule has 1 unspecified atom stereocenters. The number of carbonyl (C=O) groups excluding carboxylic acids is 4. The van der Waals surface area contributed by atoms with Crippen molar-refractivity contribution in [2.24, 2.45) is 11.8 Å². The van der Waals surface area contributed by atoms with Crippen LogP contribution < -0.4 is 25.4 Å². The number of H-pyrrole nitrogens is 1. The summed E-state index contributed by atoms with van der Waals surface area (Å²) in [5.41, 5.74) is 0.891. The number of halogens is 2. The Kier molecular flexibility index (Phi) is 9.76. The van der Waals surface area contributed by atoms with Gasteiger partial charge in [0.25, 0.3) is 5.91 Å². The molecule has 4 rings (SSSR count). The lowest BCUT2D eigenvalue weighted by molar-refractivity contribution is -0.131. The smallest absolute Gasteiger partial charge is 0.268 e. The van der Waals surface area contributed by atoms with Crippen LogP contribution in [0.3, 0.4) is 0 Å². The first-order valence-corrected chi connectivity index (χ1v) is 13.7. The topological polar surface area (TPSA) is 139 Å². The number of ether oxygens (including phenoxy) is 2. The van der Waals surface area contributed by atoms with Crippen molar-refractivity contribution in [2.75, 3.05) is 20.3 Å². The highest BCUT2D eigenvalue weighted by molar-refractivity contribution is 6.02. The van der Waals surface area contributed by atoms with Gasteiger partial charge in [-0.1, -0.05) is 26.0 Å². The van der Waals surface area contributed by atoms with Gasteiger partial charge in [0.05, 0.1) is 13.2 Å². The van der Waals surface area contributed by atoms with Gasteiger partial charge < -0.3 is 30.4 Å². The SMILES string of the molecule is COc1cccc2[nH]c(C(=O)NC(CC(C)C)C(=O)N[C@@H](C[C@@H]3CCNC3=O)C(=O)COc3c(F)cccc3F)cc12. The first-order chi connectivity index (χ1) is 20.1. The molecule has 0 radical (unpaired) electrons. The number of rotatable bonds is 13. The van der Waals surface area contributed by atoms with E-state index in [2.05, 4.69) is 20.9 Å². The number of aromatic amines is 1. The van der Waals surface area contributed by atoms with Crippen molar-refractivity contribution >= 4 is 34.4 Å². The van der Waals surface area contributed by atoms with E-state index in [-0.39, 0.29) is 30.4 Å². The average Bonchev–Trinajstić information content (AvgIpc) is 3.57. The van der Waals surface area contributed by atoms with Gasteiger partial charge in [0.1, 0.15) is 24.1 Å². The van der Waals surface area contributed by atoms with Crippen molar-refractivity contribution in [1.82, 2.24) is 20.9 Å². The molecule has 1 aromatic heterocycles. The maximum atomic E-state index is 14.0. The molecule has 10 nitrogen and oxygen atoms in total. The van der Waals surface area contributed by atoms with Crippen LogP contribution in [-0.4, -0.2) is 60.8 Å². The largest absolute Gasteiger partial charge is 0.496 e. The molecule has 1 aliphatic heterocycles. The summed E-state index contributed by atoms with van der Waals surface area (Å²) in [4.78, 5) is 55.2. The van der Waals surface area contributed by atoms with E-state index in [0.717, 1.165) is 18.2 Å². The maximum absolute atomic E-state index is 14.0. The van der Waals surface area contributed by atoms with E-state index in [0.29, 0.717) is 29.6 Å². The van der Waals surface area contributed by atoms with E-state index >= 15 is 0 Å². The number of ketones is 1. The summed E-state index contributed by atoms with van der Waals surface area (Å²) in [6, 6.07) is 7.88. The molecule has 2 heterocycles. The van der Waals surface area contributed by atoms with Crippen LogP contribution in [-0.2, 0) is 14.4 Å². The fraction of sp³-hybridized carbons (Fsp3) is 0.400. The zero-order chi connectivity index (χ0) is 30.4. The second-order valence-corrected chi connectivity index (χ2v) is 10.6. The number of carbonyl (C=O) groups is 4. The number of fused-ring (bicyclic) bond motifs is 1. The van der Waals surface area contributed by atoms with E-state index < -0.39 is 59.6 Å². The third-order valence-corrected chi connectivity index (χ3v) is 7.08. The van der Waals surface area contributed by atoms with Crippen molar-refractivity contribution in [2.45, 2.75) is 45.2 Å². The standard InChI is InChI=1S/C30H34F2N4O6/c1-16(2)12-23(36-30(40)24-14-18-21(34-24)8-5-9-26(18)41-3)29(39)35-22(13-17-10-11-33-28(17)38)25(37)15-42-27-19(31)6-4-7-20(27)32/h4-9,14,16-17,22-23,34H,10-13,15H2,1-3H3,(H,33,38)(H,35,39)(H,36,40)/t17-,22-,23?/m0/s1. The van der Waals surface area contributed by atoms with E-state index in [1.165, 1.54) is 7.11 Å². The number of amides is 3. The highest BCUT2D eigenvalue weighted by atomic mass is 19.1. The van der Waals surface area contributed by atoms with Crippen LogP contribution in [0.25, 0.3) is 10.9 Å². The quantitative estimate of drug-likeness (QED) is 0.243. The fourth-order valence-electron chi connectivity index (χ4n) is 4.93. The number of benzene rings is 2. The summed E-state index contributed by atoms with van der Waals surface area (Å²) in [5.74, 6) is -4.77. The Bertz CT molecular complexity index is 1450. The third-order valence-electron chi connectivity index (χ3n) is 7.08. The van der Waals surface area contributed by atoms with Crippen LogP contribution in [0, 0.1) is 23.5 Å². The normalized spacial score (nSPS) is 16.1. The second kappa shape index (κ2) is 13.5. The van der Waals surface area contributed by atoms with Crippen molar-refractivity contribution in [3.63, 3.8) is 0 Å². The van der Waals surface area contributed by atoms with E-state index in [4.69, 9.17) is 9.47 Å². The van der Waals surface area contributed by atoms with Gasteiger partial charge in [-0.15, -0.1) is 0 Å². The van der Waals surface area contributed by atoms with Crippen molar-refractivity contribution in [3.05, 3.63) is 59.8 Å². The Hall–Kier alpha value is -4.48. The van der Waals surface area contributed by atoms with E-state index in [9.17, 15) is 28.0 Å². The minimum absolute atomic E-state index is 0.00835. The lowest BCUT2D eigenvalue weighted by atomic mass is 9.95. The molecule has 3 aromatic rings. The van der Waals surface area contributed by atoms with Crippen LogP contribution >= 0.6 is 0 Å². The summed E-state index contributed by atoms with van der Waals surface area (Å²) < 4.78 is 38.6. The highest BCUT2D eigenvalue weighted by Crippen LogP contribution is 2.26. The minimum atomic E-state index is -1.20. The highest BCUT2D eigenvalue weighted by Gasteiger charge is 2.34. The van der Waals surface area contributed by atoms with Gasteiger partial charge >= 0.3 is 0 Å². The lowest BCUT2D eigenvalue weighted by Gasteiger charge is -2.25. The number of Topliss-reactive ketones (excluding diaryl/α,β-unsaturated/α-hetero) is 1. The number of hydrogen-bond donors (Lipinski definition) is 4. The van der Waals surface area contributed by atoms with Gasteiger partial charge in [-0.25, -0.2) is 8.78 Å². The van der Waals surface area contributed by atoms with Crippen LogP contribution in [0.4, 0.5) is 8.78 Å². The molecule has 0 saturated carbocycles. The Labute approximate surface area is 241 Å². The Morgan fingerprint density at radius 1 is 1.05 bits per heavy atom. The number of aromatic nitrogens is 1. The summed E-state index contributed by atoms with van der Waals surface area (Å²) in [7, 11) is 1.52. The molecule has 1 aliphatic rings. The monoisotopic (exact) mass is 584 g/mol. The second-order valence-electron chi connectivity index (χ2n) is 10.6. The molecular formula is C30H34F2N4O6. The number of para-hydroxylation sites is 1. The van der Waals surface area contributed by atoms with E-state index in [1.54, 1.807) is 24.3 Å². The molecule has 0 bridgehead atoms. The predicted octanol–water partition coefficient (Wildman–Crippen LogP) is 3.26. The van der Waals surface area contributed by atoms with Crippen molar-refractivity contribution < 1.29 is 37.4 Å². The van der Waals surface area contributed by atoms with Crippen molar-refractivity contribution in [3.8, 4) is 11.5 Å². The molecule has 3 amide bonds. The van der Waals surface area contributed by atoms with Crippen LogP contribution in [0.5, 0.6) is 11.5 Å². The molecule has 0 spiro atoms. The molecular weight excluding hydrogens is 550 g/mol. The van der Waals surface area contributed by atoms with E-state index in [1.807, 2.05) is 13.8 Å². The number of hydrogen-bond acceptors (Lipinski definition) is 6. The van der Waals surface area contributed by atoms with Gasteiger partial charge in [0, 0.05) is 23.4 Å². The maximum Gasteiger partial charge on any atom is 0.268 e. The summed E-state index contributed by atoms with van der Waals surface area (Å²) in [6.07, 6.45) is 0.670. The number of nitrogens with one attached hydrogen (secondary N) is 4. The minimum Gasteiger partial charge on any atom is -0.496 e. The molecule has 1 fully saturated rings. The Balaban J connectivity index is 1.51. The van der Waals surface area contributed by atoms with Crippen LogP contribution in [0.1, 0.15) is 43.6 Å². The predicted molar refractivity (Wildman–Crippen MR) is 150 cm³/mol. The molecule has 3 atom stereocenters. The average molecular weight is 585 g/mol. The summed E-state index contributed by atoms with van der Waals surface area (Å²) in [6.45, 7) is 3.44. The molecule has 0 aliphatic carbocycles. The third kappa shape index (κ3) is 7.23. The molecule has 42 heavy (non-hydrogen) atoms. The zero-order valence-corrected chi connectivity index (χ0v) is 23.6. The van der Waals surface area contributed by atoms with Crippen LogP contribution in [0.2, 0.25) is 0 Å².